The van der Waals surface area contributed by atoms with E-state index in [1.165, 1.54) is 39.3 Å². The van der Waals surface area contributed by atoms with Crippen LogP contribution < -0.4 is 14.9 Å². The Morgan fingerprint density at radius 3 is 1.96 bits per heavy atom. The van der Waals surface area contributed by atoms with Gasteiger partial charge in [0.15, 0.2) is 16.9 Å². The van der Waals surface area contributed by atoms with Gasteiger partial charge in [-0.25, -0.2) is 0 Å². The van der Waals surface area contributed by atoms with Gasteiger partial charge in [0.1, 0.15) is 28.2 Å². The summed E-state index contributed by atoms with van der Waals surface area (Å²) in [6.07, 6.45) is 0. The van der Waals surface area contributed by atoms with Crippen LogP contribution in [-0.4, -0.2) is 29.5 Å². The van der Waals surface area contributed by atoms with Crippen molar-refractivity contribution in [2.75, 3.05) is 14.2 Å². The van der Waals surface area contributed by atoms with Crippen molar-refractivity contribution in [2.24, 2.45) is 0 Å². The van der Waals surface area contributed by atoms with Gasteiger partial charge in [-0.1, -0.05) is 0 Å². The zero-order chi connectivity index (χ0) is 19.2. The number of aryl methyl sites for hydroxylation is 1. The SMILES string of the molecule is COc1cc(-c2cc(=O)c3c(O)c(C)c(O)c(C)c3o2)cc(OC)c1O. The van der Waals surface area contributed by atoms with Crippen LogP contribution >= 0.6 is 0 Å². The molecule has 0 aliphatic rings. The standard InChI is InChI=1S/C19H18O7/c1-8-16(21)9(2)19-15(17(8)22)11(20)7-12(26-19)10-5-13(24-3)18(23)14(6-10)25-4/h5-7,21-23H,1-4H3. The lowest BCUT2D eigenvalue weighted by molar-refractivity contribution is 0.340. The summed E-state index contributed by atoms with van der Waals surface area (Å²) in [5.74, 6) is -0.170. The van der Waals surface area contributed by atoms with Crippen molar-refractivity contribution in [1.29, 1.82) is 0 Å². The third kappa shape index (κ3) is 2.48. The Hall–Kier alpha value is -3.35. The number of rotatable bonds is 3. The number of hydrogen-bond donors (Lipinski definition) is 3. The topological polar surface area (TPSA) is 109 Å². The molecule has 0 unspecified atom stereocenters. The van der Waals surface area contributed by atoms with Crippen LogP contribution in [0, 0.1) is 13.8 Å². The zero-order valence-electron chi connectivity index (χ0n) is 14.7. The second kappa shape index (κ2) is 6.18. The zero-order valence-corrected chi connectivity index (χ0v) is 14.7. The molecule has 0 saturated heterocycles. The number of benzene rings is 2. The van der Waals surface area contributed by atoms with Crippen LogP contribution in [0.25, 0.3) is 22.3 Å². The quantitative estimate of drug-likeness (QED) is 0.659. The molecule has 3 aromatic rings. The number of aromatic hydroxyl groups is 3. The van der Waals surface area contributed by atoms with Gasteiger partial charge in [-0.2, -0.15) is 0 Å². The third-order valence-electron chi connectivity index (χ3n) is 4.36. The van der Waals surface area contributed by atoms with E-state index in [0.29, 0.717) is 11.1 Å². The molecule has 3 N–H and O–H groups in total. The van der Waals surface area contributed by atoms with E-state index in [1.54, 1.807) is 6.92 Å². The molecule has 0 bridgehead atoms. The summed E-state index contributed by atoms with van der Waals surface area (Å²) in [6.45, 7) is 3.11. The van der Waals surface area contributed by atoms with E-state index < -0.39 is 5.43 Å². The number of methoxy groups -OCH3 is 2. The van der Waals surface area contributed by atoms with E-state index in [9.17, 15) is 20.1 Å². The highest BCUT2D eigenvalue weighted by atomic mass is 16.5. The van der Waals surface area contributed by atoms with E-state index >= 15 is 0 Å². The summed E-state index contributed by atoms with van der Waals surface area (Å²) < 4.78 is 16.0. The Balaban J connectivity index is 2.37. The molecular weight excluding hydrogens is 340 g/mol. The maximum atomic E-state index is 12.6. The average molecular weight is 358 g/mol. The molecule has 0 amide bonds. The summed E-state index contributed by atoms with van der Waals surface area (Å²) in [6, 6.07) is 4.21. The minimum atomic E-state index is -0.462. The minimum Gasteiger partial charge on any atom is -0.507 e. The van der Waals surface area contributed by atoms with E-state index in [1.807, 2.05) is 0 Å². The van der Waals surface area contributed by atoms with Crippen LogP contribution in [-0.2, 0) is 0 Å². The molecule has 2 aromatic carbocycles. The van der Waals surface area contributed by atoms with Gasteiger partial charge in [-0.3, -0.25) is 4.79 Å². The lowest BCUT2D eigenvalue weighted by Gasteiger charge is -2.13. The molecular formula is C19H18O7. The highest BCUT2D eigenvalue weighted by molar-refractivity contribution is 5.90. The van der Waals surface area contributed by atoms with Crippen LogP contribution in [0.15, 0.2) is 27.4 Å². The fourth-order valence-corrected chi connectivity index (χ4v) is 2.85. The van der Waals surface area contributed by atoms with Crippen molar-refractivity contribution in [1.82, 2.24) is 0 Å². The first-order chi connectivity index (χ1) is 12.3. The third-order valence-corrected chi connectivity index (χ3v) is 4.36. The maximum absolute atomic E-state index is 12.6. The predicted octanol–water partition coefficient (Wildman–Crippen LogP) is 3.21. The van der Waals surface area contributed by atoms with Gasteiger partial charge in [0.25, 0.3) is 0 Å². The first-order valence-electron chi connectivity index (χ1n) is 7.74. The van der Waals surface area contributed by atoms with Crippen molar-refractivity contribution in [3.8, 4) is 40.1 Å². The van der Waals surface area contributed by atoms with Crippen LogP contribution in [0.2, 0.25) is 0 Å². The molecule has 0 aliphatic carbocycles. The van der Waals surface area contributed by atoms with Crippen molar-refractivity contribution >= 4 is 11.0 Å². The van der Waals surface area contributed by atoms with Crippen LogP contribution in [0.4, 0.5) is 0 Å². The molecule has 0 spiro atoms. The van der Waals surface area contributed by atoms with Gasteiger partial charge >= 0.3 is 0 Å². The first kappa shape index (κ1) is 17.5. The minimum absolute atomic E-state index is 0.000687. The summed E-state index contributed by atoms with van der Waals surface area (Å²) in [5.41, 5.74) is 0.597. The van der Waals surface area contributed by atoms with Gasteiger partial charge < -0.3 is 29.2 Å². The van der Waals surface area contributed by atoms with Crippen molar-refractivity contribution in [2.45, 2.75) is 13.8 Å². The molecule has 7 nitrogen and oxygen atoms in total. The highest BCUT2D eigenvalue weighted by Gasteiger charge is 2.20. The van der Waals surface area contributed by atoms with E-state index in [0.717, 1.165) is 0 Å². The molecule has 136 valence electrons. The molecule has 1 aromatic heterocycles. The van der Waals surface area contributed by atoms with Crippen LogP contribution in [0.5, 0.6) is 28.7 Å². The van der Waals surface area contributed by atoms with Gasteiger partial charge in [0.05, 0.1) is 14.2 Å². The molecule has 7 heteroatoms. The average Bonchev–Trinajstić information content (AvgIpc) is 2.64. The molecule has 0 atom stereocenters. The molecule has 0 saturated carbocycles. The number of phenols is 3. The molecule has 0 radical (unpaired) electrons. The van der Waals surface area contributed by atoms with E-state index in [-0.39, 0.29) is 51.0 Å². The smallest absolute Gasteiger partial charge is 0.200 e. The van der Waals surface area contributed by atoms with Crippen molar-refractivity contribution in [3.05, 3.63) is 39.5 Å². The van der Waals surface area contributed by atoms with Gasteiger partial charge in [0, 0.05) is 22.8 Å². The van der Waals surface area contributed by atoms with E-state index in [2.05, 4.69) is 0 Å². The lowest BCUT2D eigenvalue weighted by Crippen LogP contribution is -2.03. The molecule has 0 fully saturated rings. The molecule has 26 heavy (non-hydrogen) atoms. The highest BCUT2D eigenvalue weighted by Crippen LogP contribution is 2.42. The summed E-state index contributed by atoms with van der Waals surface area (Å²) in [4.78, 5) is 12.6. The number of hydrogen-bond acceptors (Lipinski definition) is 7. The van der Waals surface area contributed by atoms with Gasteiger partial charge in [0.2, 0.25) is 5.75 Å². The molecule has 3 rings (SSSR count). The Labute approximate surface area is 148 Å². The van der Waals surface area contributed by atoms with E-state index in [4.69, 9.17) is 13.9 Å². The van der Waals surface area contributed by atoms with Gasteiger partial charge in [-0.05, 0) is 26.0 Å². The summed E-state index contributed by atoms with van der Waals surface area (Å²) in [7, 11) is 2.77. The molecule has 1 heterocycles. The van der Waals surface area contributed by atoms with Crippen molar-refractivity contribution < 1.29 is 29.2 Å². The van der Waals surface area contributed by atoms with Crippen LogP contribution in [0.3, 0.4) is 0 Å². The maximum Gasteiger partial charge on any atom is 0.200 e. The molecule has 0 aliphatic heterocycles. The Morgan fingerprint density at radius 2 is 1.42 bits per heavy atom. The first-order valence-corrected chi connectivity index (χ1v) is 7.74. The Morgan fingerprint density at radius 1 is 0.846 bits per heavy atom. The van der Waals surface area contributed by atoms with Crippen LogP contribution in [0.1, 0.15) is 11.1 Å². The largest absolute Gasteiger partial charge is 0.507 e. The van der Waals surface area contributed by atoms with Crippen molar-refractivity contribution in [3.63, 3.8) is 0 Å². The number of ether oxygens (including phenoxy) is 2. The summed E-state index contributed by atoms with van der Waals surface area (Å²) >= 11 is 0. The monoisotopic (exact) mass is 358 g/mol. The predicted molar refractivity (Wildman–Crippen MR) is 95.5 cm³/mol. The second-order valence-corrected chi connectivity index (χ2v) is 5.86. The number of fused-ring (bicyclic) bond motifs is 1. The Bertz CT molecular complexity index is 1050. The number of phenolic OH excluding ortho intramolecular Hbond substituents is 3. The Kier molecular flexibility index (Phi) is 4.15. The fraction of sp³-hybridized carbons (Fsp3) is 0.211. The lowest BCUT2D eigenvalue weighted by atomic mass is 10.0. The fourth-order valence-electron chi connectivity index (χ4n) is 2.85. The van der Waals surface area contributed by atoms with Gasteiger partial charge in [-0.15, -0.1) is 0 Å². The summed E-state index contributed by atoms with van der Waals surface area (Å²) in [5, 5.41) is 30.4. The normalized spacial score (nSPS) is 10.9. The second-order valence-electron chi connectivity index (χ2n) is 5.86.